The topological polar surface area (TPSA) is 134 Å². The summed E-state index contributed by atoms with van der Waals surface area (Å²) in [6.45, 7) is 2.86. The number of hydrogen-bond acceptors (Lipinski definition) is 7. The minimum absolute atomic E-state index is 0.0337. The third-order valence-electron chi connectivity index (χ3n) is 6.88. The fourth-order valence-electron chi connectivity index (χ4n) is 4.83. The van der Waals surface area contributed by atoms with Crippen LogP contribution in [0.2, 0.25) is 0 Å². The molecule has 0 aliphatic carbocycles. The summed E-state index contributed by atoms with van der Waals surface area (Å²) >= 11 is 0. The van der Waals surface area contributed by atoms with Crippen LogP contribution in [0.1, 0.15) is 48.5 Å². The number of fused-ring (bicyclic) bond motifs is 1. The average Bonchev–Trinajstić information content (AvgIpc) is 3.30. The smallest absolute Gasteiger partial charge is 0.326 e. The predicted molar refractivity (Wildman–Crippen MR) is 141 cm³/mol. The molecular formula is C27H33N3O6S. The first-order valence-corrected chi connectivity index (χ1v) is 13.9. The van der Waals surface area contributed by atoms with Crippen molar-refractivity contribution in [2.75, 3.05) is 19.7 Å². The lowest BCUT2D eigenvalue weighted by atomic mass is 9.93. The first-order chi connectivity index (χ1) is 17.9. The van der Waals surface area contributed by atoms with Gasteiger partial charge in [-0.25, -0.2) is 18.2 Å². The van der Waals surface area contributed by atoms with Crippen LogP contribution in [-0.2, 0) is 26.7 Å². The van der Waals surface area contributed by atoms with E-state index in [2.05, 4.69) is 15.6 Å². The molecule has 0 bridgehead atoms. The summed E-state index contributed by atoms with van der Waals surface area (Å²) in [4.78, 5) is 28.9. The molecule has 3 N–H and O–H groups in total. The number of amides is 1. The third kappa shape index (κ3) is 7.17. The molecule has 1 saturated heterocycles. The summed E-state index contributed by atoms with van der Waals surface area (Å²) in [6, 6.07) is 12.5. The van der Waals surface area contributed by atoms with Crippen molar-refractivity contribution in [3.8, 4) is 5.75 Å². The Bertz CT molecular complexity index is 1200. The van der Waals surface area contributed by atoms with Gasteiger partial charge in [-0.2, -0.15) is 0 Å². The van der Waals surface area contributed by atoms with Crippen molar-refractivity contribution < 1.29 is 27.9 Å². The molecule has 2 aromatic carbocycles. The third-order valence-corrected chi connectivity index (χ3v) is 7.82. The highest BCUT2D eigenvalue weighted by molar-refractivity contribution is 7.73. The number of piperidine rings is 1. The minimum Gasteiger partial charge on any atom is -0.494 e. The fourth-order valence-corrected chi connectivity index (χ4v) is 5.65. The van der Waals surface area contributed by atoms with Gasteiger partial charge in [-0.1, -0.05) is 36.8 Å². The van der Waals surface area contributed by atoms with Crippen LogP contribution in [-0.4, -0.2) is 56.9 Å². The molecule has 2 atom stereocenters. The van der Waals surface area contributed by atoms with E-state index in [1.807, 2.05) is 0 Å². The Balaban J connectivity index is 1.28. The number of benzene rings is 2. The van der Waals surface area contributed by atoms with Crippen LogP contribution in [0.5, 0.6) is 5.75 Å². The van der Waals surface area contributed by atoms with E-state index >= 15 is 0 Å². The number of rotatable bonds is 12. The average molecular weight is 528 g/mol. The van der Waals surface area contributed by atoms with E-state index in [9.17, 15) is 23.1 Å². The second-order valence-corrected chi connectivity index (χ2v) is 10.6. The molecule has 37 heavy (non-hydrogen) atoms. The Hall–Kier alpha value is -3.24. The Morgan fingerprint density at radius 1 is 1.08 bits per heavy atom. The van der Waals surface area contributed by atoms with Crippen LogP contribution in [0, 0.1) is 5.92 Å². The number of carbonyl (C=O) groups excluding carboxylic acids is 1. The first-order valence-electron chi connectivity index (χ1n) is 12.7. The summed E-state index contributed by atoms with van der Waals surface area (Å²) in [6.07, 6.45) is 5.90. The number of nitrogens with zero attached hydrogens (tertiary/aromatic N) is 1. The van der Waals surface area contributed by atoms with Gasteiger partial charge in [0.05, 0.1) is 12.3 Å². The van der Waals surface area contributed by atoms with E-state index < -0.39 is 33.9 Å². The summed E-state index contributed by atoms with van der Waals surface area (Å²) < 4.78 is 29.5. The fraction of sp³-hybridized carbons (Fsp3) is 0.444. The molecule has 0 radical (unpaired) electrons. The van der Waals surface area contributed by atoms with Gasteiger partial charge in [0.15, 0.2) is 10.7 Å². The number of carbonyl (C=O) groups is 2. The molecule has 2 aliphatic heterocycles. The number of aliphatic imine (C=N–C) groups is 1. The molecule has 1 amide bonds. The van der Waals surface area contributed by atoms with Crippen LogP contribution in [0.15, 0.2) is 53.5 Å². The molecular weight excluding hydrogens is 494 g/mol. The number of carboxylic acids is 1. The van der Waals surface area contributed by atoms with Gasteiger partial charge in [-0.15, -0.1) is 0 Å². The number of aliphatic carboxylic acids is 1. The molecule has 10 heteroatoms. The molecule has 0 aromatic heterocycles. The Morgan fingerprint density at radius 3 is 2.51 bits per heavy atom. The number of unbranched alkanes of at least 4 members (excludes halogenated alkanes) is 1. The van der Waals surface area contributed by atoms with Crippen LogP contribution in [0.4, 0.5) is 5.69 Å². The summed E-state index contributed by atoms with van der Waals surface area (Å²) in [5.41, 5.74) is 1.30. The number of thiol groups is 1. The van der Waals surface area contributed by atoms with Crippen molar-refractivity contribution in [3.05, 3.63) is 59.7 Å². The van der Waals surface area contributed by atoms with Gasteiger partial charge in [0.1, 0.15) is 22.8 Å². The van der Waals surface area contributed by atoms with Gasteiger partial charge >= 0.3 is 5.97 Å². The van der Waals surface area contributed by atoms with Crippen LogP contribution >= 0.6 is 0 Å². The van der Waals surface area contributed by atoms with Gasteiger partial charge in [0.2, 0.25) is 0 Å². The van der Waals surface area contributed by atoms with E-state index in [1.165, 1.54) is 19.3 Å². The van der Waals surface area contributed by atoms with Crippen LogP contribution in [0.3, 0.4) is 0 Å². The Kier molecular flexibility index (Phi) is 9.29. The van der Waals surface area contributed by atoms with Gasteiger partial charge < -0.3 is 20.5 Å². The predicted octanol–water partition coefficient (Wildman–Crippen LogP) is 2.79. The molecule has 2 aliphatic rings. The summed E-state index contributed by atoms with van der Waals surface area (Å²) in [5, 5.41) is 14.3. The highest BCUT2D eigenvalue weighted by atomic mass is 32.2. The summed E-state index contributed by atoms with van der Waals surface area (Å²) in [5.74, 6) is -0.506. The molecule has 1 fully saturated rings. The van der Waals surface area contributed by atoms with Crippen LogP contribution < -0.4 is 15.4 Å². The number of ether oxygens (including phenoxy) is 1. The van der Waals surface area contributed by atoms with Gasteiger partial charge in [0.25, 0.3) is 5.91 Å². The standard InChI is InChI=1S/C27H33N3O6S/c31-26(24-25(37(34)35)21-6-1-2-7-22(21)29-24)30-23(27(32)33)17-19-8-10-20(11-9-19)36-16-4-3-5-18-12-14-28-15-13-18/h1-2,6-11,18,23,25,28,37H,3-5,12-17H2,(H,30,31)(H,32,33)/t23-,25?/m0/s1. The molecule has 0 saturated carbocycles. The Labute approximate surface area is 218 Å². The molecule has 0 spiro atoms. The number of carboxylic acid groups (broad SMARTS) is 1. The van der Waals surface area contributed by atoms with Crippen molar-refractivity contribution >= 4 is 34.0 Å². The second kappa shape index (κ2) is 12.8. The SMILES string of the molecule is O=C(N[C@@H](Cc1ccc(OCCCCC2CCNCC2)cc1)C(=O)O)C1=Nc2ccccc2C1[SH](=O)=O. The molecule has 2 heterocycles. The Morgan fingerprint density at radius 2 is 1.81 bits per heavy atom. The van der Waals surface area contributed by atoms with E-state index in [1.54, 1.807) is 48.5 Å². The zero-order valence-electron chi connectivity index (χ0n) is 20.6. The number of hydrogen-bond donors (Lipinski definition) is 4. The lowest BCUT2D eigenvalue weighted by molar-refractivity contribution is -0.141. The maximum Gasteiger partial charge on any atom is 0.326 e. The highest BCUT2D eigenvalue weighted by Gasteiger charge is 2.35. The molecule has 9 nitrogen and oxygen atoms in total. The zero-order chi connectivity index (χ0) is 26.2. The van der Waals surface area contributed by atoms with Crippen LogP contribution in [0.25, 0.3) is 0 Å². The van der Waals surface area contributed by atoms with Gasteiger partial charge in [-0.3, -0.25) is 4.79 Å². The molecule has 1 unspecified atom stereocenters. The van der Waals surface area contributed by atoms with E-state index in [4.69, 9.17) is 4.74 Å². The molecule has 198 valence electrons. The van der Waals surface area contributed by atoms with Crippen molar-refractivity contribution in [3.63, 3.8) is 0 Å². The second-order valence-electron chi connectivity index (χ2n) is 9.49. The molecule has 4 rings (SSSR count). The maximum atomic E-state index is 12.9. The minimum atomic E-state index is -3.02. The van der Waals surface area contributed by atoms with E-state index in [-0.39, 0.29) is 12.1 Å². The monoisotopic (exact) mass is 527 g/mol. The number of nitrogens with one attached hydrogen (secondary N) is 2. The van der Waals surface area contributed by atoms with Gasteiger partial charge in [0, 0.05) is 12.0 Å². The number of para-hydroxylation sites is 1. The zero-order valence-corrected chi connectivity index (χ0v) is 21.5. The lowest BCUT2D eigenvalue weighted by Gasteiger charge is -2.22. The van der Waals surface area contributed by atoms with Gasteiger partial charge in [-0.05, 0) is 68.5 Å². The van der Waals surface area contributed by atoms with Crippen molar-refractivity contribution in [1.82, 2.24) is 10.6 Å². The van der Waals surface area contributed by atoms with E-state index in [0.717, 1.165) is 31.8 Å². The maximum absolute atomic E-state index is 12.9. The van der Waals surface area contributed by atoms with Crippen molar-refractivity contribution in [2.45, 2.75) is 49.8 Å². The van der Waals surface area contributed by atoms with Crippen molar-refractivity contribution in [1.29, 1.82) is 0 Å². The van der Waals surface area contributed by atoms with E-state index in [0.29, 0.717) is 29.2 Å². The lowest BCUT2D eigenvalue weighted by Crippen LogP contribution is -2.46. The quantitative estimate of drug-likeness (QED) is 0.246. The highest BCUT2D eigenvalue weighted by Crippen LogP contribution is 2.35. The van der Waals surface area contributed by atoms with Crippen molar-refractivity contribution in [2.24, 2.45) is 10.9 Å². The molecule has 2 aromatic rings. The largest absolute Gasteiger partial charge is 0.494 e. The summed E-state index contributed by atoms with van der Waals surface area (Å²) in [7, 11) is -3.02. The first kappa shape index (κ1) is 26.8. The normalized spacial score (nSPS) is 18.2.